The van der Waals surface area contributed by atoms with Crippen molar-refractivity contribution in [2.45, 2.75) is 26.3 Å². The Labute approximate surface area is 123 Å². The van der Waals surface area contributed by atoms with E-state index < -0.39 is 0 Å². The van der Waals surface area contributed by atoms with Gasteiger partial charge in [-0.3, -0.25) is 4.79 Å². The lowest BCUT2D eigenvalue weighted by atomic mass is 10.1. The number of nitrogens with zero attached hydrogens (tertiary/aromatic N) is 1. The molecule has 2 atom stereocenters. The molecular formula is C15H20BrNO2. The van der Waals surface area contributed by atoms with Crippen molar-refractivity contribution in [1.82, 2.24) is 4.90 Å². The van der Waals surface area contributed by atoms with Gasteiger partial charge in [0.2, 0.25) is 5.91 Å². The van der Waals surface area contributed by atoms with Crippen LogP contribution in [0.15, 0.2) is 24.3 Å². The smallest absolute Gasteiger partial charge is 0.223 e. The predicted octanol–water partition coefficient (Wildman–Crippen LogP) is 3.39. The molecule has 1 heterocycles. The molecule has 3 nitrogen and oxygen atoms in total. The molecule has 19 heavy (non-hydrogen) atoms. The average molecular weight is 326 g/mol. The Balaban J connectivity index is 2.20. The third-order valence-corrected chi connectivity index (χ3v) is 4.51. The number of para-hydroxylation sites is 1. The van der Waals surface area contributed by atoms with Crippen molar-refractivity contribution in [1.29, 1.82) is 0 Å². The molecule has 4 heteroatoms. The molecule has 0 saturated carbocycles. The molecule has 2 unspecified atom stereocenters. The first-order valence-corrected chi connectivity index (χ1v) is 7.86. The van der Waals surface area contributed by atoms with E-state index in [9.17, 15) is 4.79 Å². The van der Waals surface area contributed by atoms with Crippen LogP contribution in [-0.4, -0.2) is 29.3 Å². The third kappa shape index (κ3) is 3.11. The maximum atomic E-state index is 12.1. The van der Waals surface area contributed by atoms with Gasteiger partial charge in [-0.15, -0.1) is 0 Å². The molecule has 1 fully saturated rings. The van der Waals surface area contributed by atoms with Gasteiger partial charge in [0.25, 0.3) is 0 Å². The van der Waals surface area contributed by atoms with Crippen molar-refractivity contribution in [2.24, 2.45) is 5.92 Å². The van der Waals surface area contributed by atoms with Crippen molar-refractivity contribution in [3.8, 4) is 5.75 Å². The minimum absolute atomic E-state index is 0.0688. The van der Waals surface area contributed by atoms with Crippen LogP contribution in [0.4, 0.5) is 0 Å². The normalized spacial score (nSPS) is 20.7. The highest BCUT2D eigenvalue weighted by Gasteiger charge is 2.33. The number of carbonyl (C=O) groups is 1. The first kappa shape index (κ1) is 14.4. The number of rotatable bonds is 5. The molecule has 104 valence electrons. The van der Waals surface area contributed by atoms with E-state index in [1.54, 1.807) is 0 Å². The third-order valence-electron chi connectivity index (χ3n) is 3.59. The summed E-state index contributed by atoms with van der Waals surface area (Å²) in [7, 11) is 0. The van der Waals surface area contributed by atoms with E-state index in [2.05, 4.69) is 22.9 Å². The fraction of sp³-hybridized carbons (Fsp3) is 0.533. The standard InChI is InChI=1S/C15H20BrNO2/c1-3-19-14-7-5-4-6-13(14)11(2)17-10-12(9-16)8-15(17)18/h4-7,11-12H,3,8-10H2,1-2H3. The molecule has 0 N–H and O–H groups in total. The minimum Gasteiger partial charge on any atom is -0.494 e. The number of benzene rings is 1. The van der Waals surface area contributed by atoms with Crippen LogP contribution >= 0.6 is 15.9 Å². The van der Waals surface area contributed by atoms with Crippen LogP contribution in [0.2, 0.25) is 0 Å². The topological polar surface area (TPSA) is 29.5 Å². The highest BCUT2D eigenvalue weighted by Crippen LogP contribution is 2.33. The van der Waals surface area contributed by atoms with Crippen LogP contribution < -0.4 is 4.74 Å². The number of hydrogen-bond donors (Lipinski definition) is 0. The molecule has 1 aliphatic rings. The lowest BCUT2D eigenvalue weighted by Gasteiger charge is -2.26. The molecule has 2 rings (SSSR count). The second-order valence-electron chi connectivity index (χ2n) is 4.92. The Morgan fingerprint density at radius 1 is 1.47 bits per heavy atom. The van der Waals surface area contributed by atoms with E-state index in [4.69, 9.17) is 4.74 Å². The van der Waals surface area contributed by atoms with Gasteiger partial charge in [0.1, 0.15) is 5.75 Å². The first-order chi connectivity index (χ1) is 9.17. The Morgan fingerprint density at radius 3 is 2.84 bits per heavy atom. The number of amides is 1. The van der Waals surface area contributed by atoms with Crippen LogP contribution in [0, 0.1) is 5.92 Å². The van der Waals surface area contributed by atoms with Gasteiger partial charge in [0.05, 0.1) is 12.6 Å². The molecule has 0 spiro atoms. The van der Waals surface area contributed by atoms with Crippen molar-refractivity contribution < 1.29 is 9.53 Å². The monoisotopic (exact) mass is 325 g/mol. The van der Waals surface area contributed by atoms with Gasteiger partial charge in [0.15, 0.2) is 0 Å². The molecule has 1 aliphatic heterocycles. The van der Waals surface area contributed by atoms with E-state index in [0.717, 1.165) is 23.2 Å². The summed E-state index contributed by atoms with van der Waals surface area (Å²) in [6.45, 7) is 5.52. The van der Waals surface area contributed by atoms with Gasteiger partial charge in [-0.25, -0.2) is 0 Å². The van der Waals surface area contributed by atoms with Crippen LogP contribution in [0.25, 0.3) is 0 Å². The van der Waals surface area contributed by atoms with E-state index >= 15 is 0 Å². The van der Waals surface area contributed by atoms with E-state index in [-0.39, 0.29) is 11.9 Å². The van der Waals surface area contributed by atoms with Crippen molar-refractivity contribution in [3.05, 3.63) is 29.8 Å². The van der Waals surface area contributed by atoms with Gasteiger partial charge in [-0.1, -0.05) is 34.1 Å². The molecule has 0 aliphatic carbocycles. The molecule has 1 aromatic rings. The summed E-state index contributed by atoms with van der Waals surface area (Å²) in [5.41, 5.74) is 1.09. The zero-order chi connectivity index (χ0) is 13.8. The van der Waals surface area contributed by atoms with E-state index in [0.29, 0.717) is 18.9 Å². The Kier molecular flexibility index (Phi) is 4.86. The molecule has 1 amide bonds. The SMILES string of the molecule is CCOc1ccccc1C(C)N1CC(CBr)CC1=O. The van der Waals surface area contributed by atoms with Crippen LogP contribution in [-0.2, 0) is 4.79 Å². The Morgan fingerprint density at radius 2 is 2.21 bits per heavy atom. The fourth-order valence-corrected chi connectivity index (χ4v) is 3.00. The number of carbonyl (C=O) groups excluding carboxylic acids is 1. The number of ether oxygens (including phenoxy) is 1. The molecule has 0 bridgehead atoms. The van der Waals surface area contributed by atoms with Gasteiger partial charge in [-0.05, 0) is 25.8 Å². The number of halogens is 1. The molecule has 0 aromatic heterocycles. The van der Waals surface area contributed by atoms with Gasteiger partial charge in [-0.2, -0.15) is 0 Å². The van der Waals surface area contributed by atoms with Crippen molar-refractivity contribution >= 4 is 21.8 Å². The predicted molar refractivity (Wildman–Crippen MR) is 79.6 cm³/mol. The van der Waals surface area contributed by atoms with Gasteiger partial charge < -0.3 is 9.64 Å². The van der Waals surface area contributed by atoms with Gasteiger partial charge >= 0.3 is 0 Å². The number of likely N-dealkylation sites (tertiary alicyclic amines) is 1. The summed E-state index contributed by atoms with van der Waals surface area (Å²) in [5.74, 6) is 1.55. The lowest BCUT2D eigenvalue weighted by molar-refractivity contribution is -0.129. The fourth-order valence-electron chi connectivity index (χ4n) is 2.57. The Hall–Kier alpha value is -1.03. The molecule has 1 aromatic carbocycles. The summed E-state index contributed by atoms with van der Waals surface area (Å²) >= 11 is 3.47. The summed E-state index contributed by atoms with van der Waals surface area (Å²) in [4.78, 5) is 14.1. The lowest BCUT2D eigenvalue weighted by Crippen LogP contribution is -2.29. The molecule has 0 radical (unpaired) electrons. The minimum atomic E-state index is 0.0688. The summed E-state index contributed by atoms with van der Waals surface area (Å²) in [5, 5.41) is 0.884. The first-order valence-electron chi connectivity index (χ1n) is 6.74. The Bertz CT molecular complexity index is 450. The largest absolute Gasteiger partial charge is 0.494 e. The second-order valence-corrected chi connectivity index (χ2v) is 5.56. The highest BCUT2D eigenvalue weighted by molar-refractivity contribution is 9.09. The maximum absolute atomic E-state index is 12.1. The second kappa shape index (κ2) is 6.42. The van der Waals surface area contributed by atoms with Crippen LogP contribution in [0.1, 0.15) is 31.9 Å². The maximum Gasteiger partial charge on any atom is 0.223 e. The van der Waals surface area contributed by atoms with E-state index in [1.807, 2.05) is 36.1 Å². The van der Waals surface area contributed by atoms with Crippen LogP contribution in [0.5, 0.6) is 5.75 Å². The molecule has 1 saturated heterocycles. The highest BCUT2D eigenvalue weighted by atomic mass is 79.9. The summed E-state index contributed by atoms with van der Waals surface area (Å²) in [6, 6.07) is 8.05. The summed E-state index contributed by atoms with van der Waals surface area (Å²) < 4.78 is 5.66. The van der Waals surface area contributed by atoms with Crippen molar-refractivity contribution in [3.63, 3.8) is 0 Å². The van der Waals surface area contributed by atoms with E-state index in [1.165, 1.54) is 0 Å². The molecular weight excluding hydrogens is 306 g/mol. The summed E-state index contributed by atoms with van der Waals surface area (Å²) in [6.07, 6.45) is 0.645. The van der Waals surface area contributed by atoms with Crippen LogP contribution in [0.3, 0.4) is 0 Å². The zero-order valence-corrected chi connectivity index (χ0v) is 13.0. The number of alkyl halides is 1. The zero-order valence-electron chi connectivity index (χ0n) is 11.4. The quantitative estimate of drug-likeness (QED) is 0.776. The van der Waals surface area contributed by atoms with Gasteiger partial charge in [0, 0.05) is 23.9 Å². The average Bonchev–Trinajstić information content (AvgIpc) is 2.80. The van der Waals surface area contributed by atoms with Crippen molar-refractivity contribution in [2.75, 3.05) is 18.5 Å². The number of hydrogen-bond acceptors (Lipinski definition) is 2.